The number of ether oxygens (including phenoxy) is 1. The van der Waals surface area contributed by atoms with Gasteiger partial charge < -0.3 is 14.6 Å². The minimum Gasteiger partial charge on any atom is -0.546 e. The average Bonchev–Trinajstić information content (AvgIpc) is 2.06. The van der Waals surface area contributed by atoms with Gasteiger partial charge in [-0.25, -0.2) is 0 Å². The Balaban J connectivity index is 0.00000169. The molecule has 0 atom stereocenters. The van der Waals surface area contributed by atoms with Gasteiger partial charge >= 0.3 is 18.9 Å². The predicted octanol–water partition coefficient (Wildman–Crippen LogP) is -1.87. The molecule has 1 aromatic rings. The maximum atomic E-state index is 10.1. The van der Waals surface area contributed by atoms with Gasteiger partial charge in [0.15, 0.2) is 0 Å². The van der Waals surface area contributed by atoms with Crippen molar-refractivity contribution in [3.8, 4) is 5.75 Å². The third-order valence-corrected chi connectivity index (χ3v) is 1.79. The number of rotatable bonds is 3. The predicted molar refractivity (Wildman–Crippen MR) is 47.0 cm³/mol. The van der Waals surface area contributed by atoms with Crippen molar-refractivity contribution in [1.29, 1.82) is 0 Å². The molecule has 70 valence electrons. The number of halogens is 2. The van der Waals surface area contributed by atoms with Crippen molar-refractivity contribution in [1.82, 2.24) is 0 Å². The molecule has 0 aromatic heterocycles. The van der Waals surface area contributed by atoms with Crippen molar-refractivity contribution in [2.24, 2.45) is 0 Å². The number of carboxylic acids is 1. The van der Waals surface area contributed by atoms with Crippen LogP contribution in [0.5, 0.6) is 5.75 Å². The molecule has 0 heterocycles. The molecular weight excluding hydrogens is 222 g/mol. The molecule has 0 saturated heterocycles. The zero-order valence-electron chi connectivity index (χ0n) is 7.42. The van der Waals surface area contributed by atoms with E-state index in [0.717, 1.165) is 0 Å². The van der Waals surface area contributed by atoms with Gasteiger partial charge in [-0.3, -0.25) is 0 Å². The van der Waals surface area contributed by atoms with Gasteiger partial charge in [-0.05, 0) is 12.1 Å². The van der Waals surface area contributed by atoms with Crippen LogP contribution in [-0.2, 0) is 4.79 Å². The van der Waals surface area contributed by atoms with Crippen LogP contribution in [0.15, 0.2) is 18.2 Å². The van der Waals surface area contributed by atoms with Crippen molar-refractivity contribution in [3.63, 3.8) is 0 Å². The van der Waals surface area contributed by atoms with Crippen molar-refractivity contribution >= 4 is 29.2 Å². The van der Waals surface area contributed by atoms with Crippen LogP contribution in [0.1, 0.15) is 0 Å². The number of benzene rings is 1. The van der Waals surface area contributed by atoms with Crippen LogP contribution < -0.4 is 28.7 Å². The van der Waals surface area contributed by atoms with Crippen LogP contribution in [0.4, 0.5) is 0 Å². The normalized spacial score (nSPS) is 9.00. The maximum Gasteiger partial charge on any atom is 1.00 e. The van der Waals surface area contributed by atoms with E-state index >= 15 is 0 Å². The SMILES string of the molecule is O=C([O-])COc1cc(Cl)ccc1Cl.[Li+]. The Morgan fingerprint density at radius 2 is 2.07 bits per heavy atom. The molecule has 6 heteroatoms. The minimum atomic E-state index is -1.31. The third-order valence-electron chi connectivity index (χ3n) is 1.24. The second kappa shape index (κ2) is 6.21. The summed E-state index contributed by atoms with van der Waals surface area (Å²) in [7, 11) is 0. The topological polar surface area (TPSA) is 49.4 Å². The van der Waals surface area contributed by atoms with Crippen molar-refractivity contribution in [2.75, 3.05) is 6.61 Å². The van der Waals surface area contributed by atoms with E-state index in [0.29, 0.717) is 10.0 Å². The Bertz CT molecular complexity index is 330. The summed E-state index contributed by atoms with van der Waals surface area (Å²) < 4.78 is 4.80. The molecule has 0 saturated carbocycles. The van der Waals surface area contributed by atoms with Gasteiger partial charge in [0, 0.05) is 11.1 Å². The molecule has 0 amide bonds. The van der Waals surface area contributed by atoms with Crippen molar-refractivity contribution in [3.05, 3.63) is 28.2 Å². The summed E-state index contributed by atoms with van der Waals surface area (Å²) in [6.07, 6.45) is 0. The third kappa shape index (κ3) is 4.25. The second-order valence-electron chi connectivity index (χ2n) is 2.24. The summed E-state index contributed by atoms with van der Waals surface area (Å²) in [5.41, 5.74) is 0. The van der Waals surface area contributed by atoms with E-state index in [1.54, 1.807) is 6.07 Å². The van der Waals surface area contributed by atoms with Gasteiger partial charge in [-0.15, -0.1) is 0 Å². The van der Waals surface area contributed by atoms with E-state index in [-0.39, 0.29) is 24.6 Å². The van der Waals surface area contributed by atoms with Crippen molar-refractivity contribution < 1.29 is 33.5 Å². The summed E-state index contributed by atoms with van der Waals surface area (Å²) >= 11 is 11.3. The number of carbonyl (C=O) groups excluding carboxylic acids is 1. The number of aliphatic carboxylic acids is 1. The largest absolute Gasteiger partial charge is 1.00 e. The van der Waals surface area contributed by atoms with E-state index in [1.807, 2.05) is 0 Å². The summed E-state index contributed by atoms with van der Waals surface area (Å²) in [5, 5.41) is 10.8. The van der Waals surface area contributed by atoms with Crippen LogP contribution in [0, 0.1) is 0 Å². The van der Waals surface area contributed by atoms with Crippen LogP contribution in [-0.4, -0.2) is 12.6 Å². The standard InChI is InChI=1S/C8H6Cl2O3.Li/c9-5-1-2-6(10)7(3-5)13-4-8(11)12;/h1-3H,4H2,(H,11,12);/q;+1/p-1. The molecule has 1 rings (SSSR count). The molecule has 0 unspecified atom stereocenters. The molecule has 14 heavy (non-hydrogen) atoms. The van der Waals surface area contributed by atoms with Crippen LogP contribution >= 0.6 is 23.2 Å². The quantitative estimate of drug-likeness (QED) is 0.568. The van der Waals surface area contributed by atoms with E-state index < -0.39 is 12.6 Å². The molecule has 0 N–H and O–H groups in total. The molecular formula is C8H5Cl2LiO3. The van der Waals surface area contributed by atoms with E-state index in [4.69, 9.17) is 27.9 Å². The average molecular weight is 227 g/mol. The number of carbonyl (C=O) groups is 1. The van der Waals surface area contributed by atoms with Gasteiger partial charge in [-0.1, -0.05) is 23.2 Å². The molecule has 0 fully saturated rings. The first-order chi connectivity index (χ1) is 6.09. The van der Waals surface area contributed by atoms with Gasteiger partial charge in [-0.2, -0.15) is 0 Å². The fourth-order valence-electron chi connectivity index (χ4n) is 0.724. The molecule has 0 aliphatic carbocycles. The first-order valence-corrected chi connectivity index (χ1v) is 4.13. The zero-order chi connectivity index (χ0) is 9.84. The fourth-order valence-corrected chi connectivity index (χ4v) is 1.06. The summed E-state index contributed by atoms with van der Waals surface area (Å²) in [5.74, 6) is -1.07. The van der Waals surface area contributed by atoms with E-state index in [9.17, 15) is 9.90 Å². The number of hydrogen-bond donors (Lipinski definition) is 0. The molecule has 0 bridgehead atoms. The molecule has 1 aromatic carbocycles. The van der Waals surface area contributed by atoms with Crippen molar-refractivity contribution in [2.45, 2.75) is 0 Å². The molecule has 0 spiro atoms. The maximum absolute atomic E-state index is 10.1. The Kier molecular flexibility index (Phi) is 6.06. The zero-order valence-corrected chi connectivity index (χ0v) is 8.93. The first kappa shape index (κ1) is 13.7. The molecule has 3 nitrogen and oxygen atoms in total. The Labute approximate surface area is 103 Å². The second-order valence-corrected chi connectivity index (χ2v) is 3.08. The Morgan fingerprint density at radius 3 is 2.64 bits per heavy atom. The fraction of sp³-hybridized carbons (Fsp3) is 0.125. The first-order valence-electron chi connectivity index (χ1n) is 3.37. The van der Waals surface area contributed by atoms with Crippen LogP contribution in [0.25, 0.3) is 0 Å². The minimum absolute atomic E-state index is 0. The molecule has 0 aliphatic heterocycles. The van der Waals surface area contributed by atoms with Gasteiger partial charge in [0.1, 0.15) is 12.4 Å². The van der Waals surface area contributed by atoms with Crippen LogP contribution in [0.3, 0.4) is 0 Å². The van der Waals surface area contributed by atoms with E-state index in [2.05, 4.69) is 0 Å². The smallest absolute Gasteiger partial charge is 0.546 e. The Hall–Kier alpha value is -0.333. The number of hydrogen-bond acceptors (Lipinski definition) is 3. The molecule has 0 radical (unpaired) electrons. The van der Waals surface area contributed by atoms with Gasteiger partial charge in [0.2, 0.25) is 0 Å². The summed E-state index contributed by atoms with van der Waals surface area (Å²) in [6, 6.07) is 4.54. The van der Waals surface area contributed by atoms with Gasteiger partial charge in [0.25, 0.3) is 0 Å². The van der Waals surface area contributed by atoms with E-state index in [1.165, 1.54) is 12.1 Å². The van der Waals surface area contributed by atoms with Crippen LogP contribution in [0.2, 0.25) is 10.0 Å². The number of carboxylic acid groups (broad SMARTS) is 1. The monoisotopic (exact) mass is 226 g/mol. The Morgan fingerprint density at radius 1 is 1.43 bits per heavy atom. The van der Waals surface area contributed by atoms with Gasteiger partial charge in [0.05, 0.1) is 11.0 Å². The molecule has 0 aliphatic rings. The summed E-state index contributed by atoms with van der Waals surface area (Å²) in [6.45, 7) is -0.542. The summed E-state index contributed by atoms with van der Waals surface area (Å²) in [4.78, 5) is 10.1.